The molecule has 0 radical (unpaired) electrons. The molecule has 1 aliphatic heterocycles. The predicted molar refractivity (Wildman–Crippen MR) is 103 cm³/mol. The summed E-state index contributed by atoms with van der Waals surface area (Å²) in [5.41, 5.74) is 1.38. The molecule has 8 heteroatoms. The second kappa shape index (κ2) is 6.52. The van der Waals surface area contributed by atoms with E-state index >= 15 is 0 Å². The van der Waals surface area contributed by atoms with Crippen LogP contribution in [0.15, 0.2) is 16.9 Å². The number of likely N-dealkylation sites (tertiary alicyclic amines) is 1. The molecule has 1 unspecified atom stereocenters. The normalized spacial score (nSPS) is 25.0. The molecule has 1 saturated carbocycles. The lowest BCUT2D eigenvalue weighted by molar-refractivity contribution is -0.137. The molecule has 1 amide bonds. The monoisotopic (exact) mass is 410 g/mol. The van der Waals surface area contributed by atoms with Crippen LogP contribution in [0.4, 0.5) is 0 Å². The third-order valence-corrected chi connectivity index (χ3v) is 7.24. The quantitative estimate of drug-likeness (QED) is 0.718. The first-order valence-electron chi connectivity index (χ1n) is 9.33. The molecule has 27 heavy (non-hydrogen) atoms. The number of hydrogen-bond acceptors (Lipinski definition) is 4. The van der Waals surface area contributed by atoms with E-state index in [1.807, 2.05) is 38.1 Å². The number of carbonyl (C=O) groups excluding carboxylic acids is 1. The van der Waals surface area contributed by atoms with Crippen LogP contribution in [0.2, 0.25) is 0 Å². The Morgan fingerprint density at radius 2 is 2.00 bits per heavy atom. The largest absolute Gasteiger partial charge is 0.361 e. The zero-order valence-corrected chi connectivity index (χ0v) is 17.3. The Hall–Kier alpha value is -1.53. The first-order valence-corrected chi connectivity index (χ1v) is 10.1. The number of alkyl halides is 2. The van der Waals surface area contributed by atoms with E-state index in [1.165, 1.54) is 0 Å². The van der Waals surface area contributed by atoms with Gasteiger partial charge in [0, 0.05) is 37.0 Å². The van der Waals surface area contributed by atoms with Crippen LogP contribution in [-0.2, 0) is 11.3 Å². The summed E-state index contributed by atoms with van der Waals surface area (Å²) in [7, 11) is 0. The number of piperidine rings is 1. The molecule has 1 atom stereocenters. The fraction of sp³-hybridized carbons (Fsp3) is 0.632. The topological polar surface area (TPSA) is 64.2 Å². The van der Waals surface area contributed by atoms with E-state index in [2.05, 4.69) is 14.7 Å². The van der Waals surface area contributed by atoms with E-state index in [0.717, 1.165) is 35.7 Å². The van der Waals surface area contributed by atoms with Crippen molar-refractivity contribution in [3.63, 3.8) is 0 Å². The Kier molecular flexibility index (Phi) is 4.54. The van der Waals surface area contributed by atoms with Gasteiger partial charge in [0.15, 0.2) is 0 Å². The fourth-order valence-corrected chi connectivity index (χ4v) is 4.73. The van der Waals surface area contributed by atoms with Gasteiger partial charge in [0.1, 0.15) is 15.9 Å². The van der Waals surface area contributed by atoms with Crippen molar-refractivity contribution < 1.29 is 9.32 Å². The van der Waals surface area contributed by atoms with Crippen LogP contribution in [0.3, 0.4) is 0 Å². The van der Waals surface area contributed by atoms with E-state index < -0.39 is 9.75 Å². The molecule has 0 N–H and O–H groups in total. The lowest BCUT2D eigenvalue weighted by Crippen LogP contribution is -2.43. The van der Waals surface area contributed by atoms with Crippen LogP contribution < -0.4 is 0 Å². The van der Waals surface area contributed by atoms with Gasteiger partial charge in [-0.05, 0) is 40.0 Å². The van der Waals surface area contributed by atoms with Gasteiger partial charge in [-0.3, -0.25) is 4.79 Å². The minimum absolute atomic E-state index is 0.0741. The van der Waals surface area contributed by atoms with Gasteiger partial charge >= 0.3 is 0 Å². The molecule has 146 valence electrons. The van der Waals surface area contributed by atoms with Gasteiger partial charge in [-0.2, -0.15) is 0 Å². The van der Waals surface area contributed by atoms with Crippen LogP contribution in [0.1, 0.15) is 54.9 Å². The maximum Gasteiger partial charge on any atom is 0.231 e. The molecule has 1 saturated heterocycles. The summed E-state index contributed by atoms with van der Waals surface area (Å²) >= 11 is 12.4. The molecule has 2 aliphatic rings. The number of nitrogens with zero attached hydrogens (tertiary/aromatic N) is 4. The number of aryl methyl sites for hydroxylation is 2. The molecule has 2 aromatic heterocycles. The Bertz CT molecular complexity index is 847. The van der Waals surface area contributed by atoms with Crippen LogP contribution in [0.25, 0.3) is 0 Å². The average molecular weight is 411 g/mol. The summed E-state index contributed by atoms with van der Waals surface area (Å²) in [6.45, 7) is 7.87. The molecule has 0 bridgehead atoms. The number of rotatable bonds is 4. The summed E-state index contributed by atoms with van der Waals surface area (Å²) in [5, 5.41) is 4.03. The van der Waals surface area contributed by atoms with E-state index in [-0.39, 0.29) is 5.91 Å². The van der Waals surface area contributed by atoms with Gasteiger partial charge < -0.3 is 14.0 Å². The molecule has 6 nitrogen and oxygen atoms in total. The third kappa shape index (κ3) is 3.17. The zero-order valence-electron chi connectivity index (χ0n) is 15.8. The van der Waals surface area contributed by atoms with E-state index in [1.54, 1.807) is 0 Å². The Morgan fingerprint density at radius 3 is 2.56 bits per heavy atom. The number of carbonyl (C=O) groups is 1. The molecular weight excluding hydrogens is 387 g/mol. The molecule has 0 aromatic carbocycles. The molecule has 4 rings (SSSR count). The van der Waals surface area contributed by atoms with E-state index in [0.29, 0.717) is 32.0 Å². The highest BCUT2D eigenvalue weighted by Crippen LogP contribution is 2.64. The number of hydrogen-bond donors (Lipinski definition) is 0. The van der Waals surface area contributed by atoms with Crippen molar-refractivity contribution in [2.45, 2.75) is 56.8 Å². The highest BCUT2D eigenvalue weighted by molar-refractivity contribution is 6.53. The van der Waals surface area contributed by atoms with Crippen LogP contribution in [0.5, 0.6) is 0 Å². The van der Waals surface area contributed by atoms with Crippen molar-refractivity contribution in [2.75, 3.05) is 13.1 Å². The summed E-state index contributed by atoms with van der Waals surface area (Å²) in [6, 6.07) is 0. The molecule has 3 heterocycles. The van der Waals surface area contributed by atoms with Gasteiger partial charge in [0.05, 0.1) is 17.7 Å². The molecule has 2 fully saturated rings. The van der Waals surface area contributed by atoms with Crippen LogP contribution in [0, 0.1) is 19.3 Å². The molecule has 1 aliphatic carbocycles. The Labute approximate surface area is 168 Å². The fourth-order valence-electron chi connectivity index (χ4n) is 4.03. The van der Waals surface area contributed by atoms with Gasteiger partial charge in [0.2, 0.25) is 5.91 Å². The van der Waals surface area contributed by atoms with E-state index in [4.69, 9.17) is 27.7 Å². The standard InChI is InChI=1S/C19H24Cl2N4O2/c1-12-15(13(2)27-23-12)10-25-9-6-22-16(25)14-4-7-24(8-5-14)17(26)18(3)11-19(18,20)21/h6,9,14H,4-5,7-8,10-11H2,1-3H3. The minimum Gasteiger partial charge on any atom is -0.361 e. The van der Waals surface area contributed by atoms with Crippen molar-refractivity contribution in [2.24, 2.45) is 5.41 Å². The number of halogens is 2. The highest BCUT2D eigenvalue weighted by atomic mass is 35.5. The van der Waals surface area contributed by atoms with Crippen molar-refractivity contribution in [1.82, 2.24) is 19.6 Å². The van der Waals surface area contributed by atoms with Crippen molar-refractivity contribution >= 4 is 29.1 Å². The minimum atomic E-state index is -0.911. The smallest absolute Gasteiger partial charge is 0.231 e. The lowest BCUT2D eigenvalue weighted by atomic mass is 9.94. The van der Waals surface area contributed by atoms with Crippen molar-refractivity contribution in [3.05, 3.63) is 35.2 Å². The lowest BCUT2D eigenvalue weighted by Gasteiger charge is -2.34. The zero-order chi connectivity index (χ0) is 19.4. The Morgan fingerprint density at radius 1 is 1.33 bits per heavy atom. The summed E-state index contributed by atoms with van der Waals surface area (Å²) in [4.78, 5) is 19.3. The summed E-state index contributed by atoms with van der Waals surface area (Å²) < 4.78 is 6.53. The van der Waals surface area contributed by atoms with Crippen LogP contribution >= 0.6 is 23.2 Å². The maximum atomic E-state index is 12.8. The second-order valence-corrected chi connectivity index (χ2v) is 9.48. The van der Waals surface area contributed by atoms with Gasteiger partial charge in [-0.1, -0.05) is 5.16 Å². The highest BCUT2D eigenvalue weighted by Gasteiger charge is 2.68. The number of aromatic nitrogens is 3. The van der Waals surface area contributed by atoms with Gasteiger partial charge in [0.25, 0.3) is 0 Å². The molecular formula is C19H24Cl2N4O2. The molecule has 2 aromatic rings. The number of amides is 1. The van der Waals surface area contributed by atoms with E-state index in [9.17, 15) is 4.79 Å². The molecule has 0 spiro atoms. The van der Waals surface area contributed by atoms with Gasteiger partial charge in [-0.15, -0.1) is 23.2 Å². The summed E-state index contributed by atoms with van der Waals surface area (Å²) in [5.74, 6) is 2.30. The first kappa shape index (κ1) is 18.8. The van der Waals surface area contributed by atoms with Crippen LogP contribution in [-0.4, -0.2) is 42.9 Å². The van der Waals surface area contributed by atoms with Crippen molar-refractivity contribution in [1.29, 1.82) is 0 Å². The van der Waals surface area contributed by atoms with Crippen molar-refractivity contribution in [3.8, 4) is 0 Å². The third-order valence-electron chi connectivity index (χ3n) is 6.13. The maximum absolute atomic E-state index is 12.8. The number of imidazole rings is 1. The summed E-state index contributed by atoms with van der Waals surface area (Å²) in [6.07, 6.45) is 6.14. The average Bonchev–Trinajstić information content (AvgIpc) is 2.99. The second-order valence-electron chi connectivity index (χ2n) is 8.00. The van der Waals surface area contributed by atoms with Gasteiger partial charge in [-0.25, -0.2) is 4.98 Å². The predicted octanol–water partition coefficient (Wildman–Crippen LogP) is 3.83. The Balaban J connectivity index is 1.42. The first-order chi connectivity index (χ1) is 12.7. The SMILES string of the molecule is Cc1noc(C)c1Cn1ccnc1C1CCN(C(=O)C2(C)CC2(Cl)Cl)CC1.